The minimum absolute atomic E-state index is 0.0485. The van der Waals surface area contributed by atoms with E-state index >= 15 is 0 Å². The first-order valence-corrected chi connectivity index (χ1v) is 24.8. The summed E-state index contributed by atoms with van der Waals surface area (Å²) < 4.78 is 29.6. The molecule has 1 atom stereocenters. The monoisotopic (exact) mass is 949 g/mol. The van der Waals surface area contributed by atoms with Crippen LogP contribution in [0, 0.1) is 13.9 Å². The fourth-order valence-electron chi connectivity index (χ4n) is 7.18. The van der Waals surface area contributed by atoms with Gasteiger partial charge in [0.2, 0.25) is 0 Å². The van der Waals surface area contributed by atoms with E-state index in [0.717, 1.165) is 92.8 Å². The Bertz CT molecular complexity index is 2200. The van der Waals surface area contributed by atoms with E-state index in [0.29, 0.717) is 37.0 Å². The van der Waals surface area contributed by atoms with Crippen LogP contribution in [0.15, 0.2) is 78.9 Å². The Balaban J connectivity index is 1.03. The quantitative estimate of drug-likeness (QED) is 0.00774. The molecule has 5 rings (SSSR count). The van der Waals surface area contributed by atoms with Crippen molar-refractivity contribution in [2.24, 2.45) is 0 Å². The van der Waals surface area contributed by atoms with E-state index in [-0.39, 0.29) is 42.8 Å². The minimum atomic E-state index is -0.812. The summed E-state index contributed by atoms with van der Waals surface area (Å²) in [5, 5.41) is 9.39. The summed E-state index contributed by atoms with van der Waals surface area (Å²) >= 11 is 5.26. The number of benzene rings is 3. The molecule has 350 valence electrons. The van der Waals surface area contributed by atoms with Crippen LogP contribution in [0.2, 0.25) is 0 Å². The second-order valence-corrected chi connectivity index (χ2v) is 18.4. The molecule has 0 amide bonds. The lowest BCUT2D eigenvalue weighted by atomic mass is 9.98. The van der Waals surface area contributed by atoms with E-state index in [1.807, 2.05) is 24.3 Å². The van der Waals surface area contributed by atoms with Crippen molar-refractivity contribution < 1.29 is 48.0 Å². The molecule has 0 aliphatic carbocycles. The molecular weight excluding hydrogens is 891 g/mol. The second kappa shape index (κ2) is 28.0. The maximum absolute atomic E-state index is 13.7. The molecule has 3 aromatic carbocycles. The number of rotatable bonds is 28. The van der Waals surface area contributed by atoms with Gasteiger partial charge >= 0.3 is 17.9 Å². The molecule has 4 aromatic rings. The maximum atomic E-state index is 13.7. The van der Waals surface area contributed by atoms with Crippen LogP contribution < -0.4 is 14.2 Å². The van der Waals surface area contributed by atoms with E-state index in [1.165, 1.54) is 18.1 Å². The summed E-state index contributed by atoms with van der Waals surface area (Å²) in [5.41, 5.74) is 2.65. The first-order valence-electron chi connectivity index (χ1n) is 22.2. The second-order valence-electron chi connectivity index (χ2n) is 15.5. The summed E-state index contributed by atoms with van der Waals surface area (Å²) in [5.74, 6) is -0.123. The van der Waals surface area contributed by atoms with Crippen LogP contribution >= 0.6 is 32.9 Å². The lowest BCUT2D eigenvalue weighted by Gasteiger charge is -2.34. The summed E-state index contributed by atoms with van der Waals surface area (Å²) in [7, 11) is 4.77. The Morgan fingerprint density at radius 3 is 2.28 bits per heavy atom. The van der Waals surface area contributed by atoms with Gasteiger partial charge in [0.05, 0.1) is 39.0 Å². The predicted molar refractivity (Wildman–Crippen MR) is 255 cm³/mol. The van der Waals surface area contributed by atoms with Gasteiger partial charge in [0, 0.05) is 42.7 Å². The fraction of sp³-hybridized carbons (Fsp3) is 0.458. The standard InChI is InChI=1S/C48H59N3O11S3/c1-3-4-16-41(61-46(53)35-50-28-26-49(27-29-50)25-10-7-12-30-58-38-21-19-37(20-22-38)44-34-47(63)65-64-44)39-14-8-9-15-40(39)48(54)62-42-23-17-36(33-43(42)57-2)18-24-45(52)59-31-11-5-6-13-32-60-51(55)56/h8-9,14-15,17-24,33-34,41H,3-7,10-13,16,25-32,35H2,1-2H3/b24-18+. The average molecular weight is 950 g/mol. The number of carbonyl (C=O) groups is 3. The zero-order chi connectivity index (χ0) is 46.2. The fourth-order valence-corrected chi connectivity index (χ4v) is 9.58. The smallest absolute Gasteiger partial charge is 0.344 e. The van der Waals surface area contributed by atoms with Gasteiger partial charge in [0.15, 0.2) is 11.5 Å². The van der Waals surface area contributed by atoms with Gasteiger partial charge in [0.25, 0.3) is 5.09 Å². The van der Waals surface area contributed by atoms with Crippen molar-refractivity contribution in [1.82, 2.24) is 9.80 Å². The Morgan fingerprint density at radius 1 is 0.831 bits per heavy atom. The molecule has 0 spiro atoms. The molecule has 0 saturated carbocycles. The molecule has 0 bridgehead atoms. The number of ether oxygens (including phenoxy) is 5. The van der Waals surface area contributed by atoms with Crippen LogP contribution in [0.5, 0.6) is 17.2 Å². The molecule has 17 heteroatoms. The molecule has 1 aliphatic rings. The summed E-state index contributed by atoms with van der Waals surface area (Å²) in [6.07, 6.45) is 10.3. The van der Waals surface area contributed by atoms with Gasteiger partial charge in [-0.15, -0.1) is 10.1 Å². The minimum Gasteiger partial charge on any atom is -0.494 e. The van der Waals surface area contributed by atoms with Crippen molar-refractivity contribution in [3.8, 4) is 27.7 Å². The van der Waals surface area contributed by atoms with Crippen LogP contribution in [0.4, 0.5) is 0 Å². The third kappa shape index (κ3) is 18.0. The molecule has 1 aliphatic heterocycles. The number of carbonyl (C=O) groups excluding carboxylic acids is 3. The van der Waals surface area contributed by atoms with Gasteiger partial charge in [-0.05, 0) is 124 Å². The number of methoxy groups -OCH3 is 1. The van der Waals surface area contributed by atoms with Gasteiger partial charge in [-0.25, -0.2) is 9.59 Å². The van der Waals surface area contributed by atoms with Crippen LogP contribution in [-0.4, -0.2) is 99.0 Å². The Morgan fingerprint density at radius 2 is 1.55 bits per heavy atom. The third-order valence-electron chi connectivity index (χ3n) is 10.7. The first kappa shape index (κ1) is 50.8. The highest BCUT2D eigenvalue weighted by Gasteiger charge is 2.26. The van der Waals surface area contributed by atoms with E-state index in [2.05, 4.69) is 33.7 Å². The number of hydrogen-bond donors (Lipinski definition) is 0. The van der Waals surface area contributed by atoms with Crippen molar-refractivity contribution >= 4 is 56.9 Å². The molecule has 1 aromatic heterocycles. The lowest BCUT2D eigenvalue weighted by molar-refractivity contribution is -0.757. The van der Waals surface area contributed by atoms with Crippen molar-refractivity contribution in [3.63, 3.8) is 0 Å². The van der Waals surface area contributed by atoms with Crippen molar-refractivity contribution in [3.05, 3.63) is 110 Å². The normalized spacial score (nSPS) is 13.6. The maximum Gasteiger partial charge on any atom is 0.344 e. The average Bonchev–Trinajstić information content (AvgIpc) is 3.75. The van der Waals surface area contributed by atoms with Crippen molar-refractivity contribution in [1.29, 1.82) is 0 Å². The van der Waals surface area contributed by atoms with Gasteiger partial charge in [-0.1, -0.05) is 76.9 Å². The first-order chi connectivity index (χ1) is 31.6. The summed E-state index contributed by atoms with van der Waals surface area (Å²) in [6, 6.07) is 22.2. The molecule has 0 radical (unpaired) electrons. The highest BCUT2D eigenvalue weighted by Crippen LogP contribution is 2.33. The van der Waals surface area contributed by atoms with Crippen LogP contribution in [0.1, 0.15) is 98.7 Å². The predicted octanol–water partition coefficient (Wildman–Crippen LogP) is 10.4. The van der Waals surface area contributed by atoms with Crippen molar-refractivity contribution in [2.45, 2.75) is 77.2 Å². The lowest BCUT2D eigenvalue weighted by Crippen LogP contribution is -2.48. The number of piperazine rings is 1. The van der Waals surface area contributed by atoms with Crippen LogP contribution in [-0.2, 0) is 23.9 Å². The van der Waals surface area contributed by atoms with Gasteiger partial charge in [-0.2, -0.15) is 0 Å². The molecule has 1 saturated heterocycles. The zero-order valence-corrected chi connectivity index (χ0v) is 39.6. The number of esters is 3. The van der Waals surface area contributed by atoms with Crippen LogP contribution in [0.25, 0.3) is 16.5 Å². The van der Waals surface area contributed by atoms with E-state index in [9.17, 15) is 24.5 Å². The van der Waals surface area contributed by atoms with E-state index in [1.54, 1.807) is 63.2 Å². The molecule has 2 heterocycles. The summed E-state index contributed by atoms with van der Waals surface area (Å²) in [6.45, 7) is 7.50. The zero-order valence-electron chi connectivity index (χ0n) is 37.2. The molecule has 14 nitrogen and oxygen atoms in total. The topological polar surface area (TPSA) is 156 Å². The van der Waals surface area contributed by atoms with Crippen LogP contribution in [0.3, 0.4) is 0 Å². The number of nitrogens with zero attached hydrogens (tertiary/aromatic N) is 3. The summed E-state index contributed by atoms with van der Waals surface area (Å²) in [4.78, 5) is 59.7. The van der Waals surface area contributed by atoms with Gasteiger partial charge in [0.1, 0.15) is 15.7 Å². The molecule has 1 fully saturated rings. The van der Waals surface area contributed by atoms with E-state index < -0.39 is 23.1 Å². The van der Waals surface area contributed by atoms with Gasteiger partial charge in [-0.3, -0.25) is 9.69 Å². The Hall–Kier alpha value is -5.20. The number of unbranched alkanes of at least 4 members (excludes halogenated alkanes) is 6. The largest absolute Gasteiger partial charge is 0.494 e. The highest BCUT2D eigenvalue weighted by atomic mass is 32.9. The number of hydrogen-bond acceptors (Lipinski definition) is 16. The highest BCUT2D eigenvalue weighted by molar-refractivity contribution is 7.80. The Labute approximate surface area is 393 Å². The Kier molecular flexibility index (Phi) is 21.9. The third-order valence-corrected chi connectivity index (χ3v) is 13.6. The van der Waals surface area contributed by atoms with Gasteiger partial charge < -0.3 is 33.4 Å². The van der Waals surface area contributed by atoms with Crippen molar-refractivity contribution in [2.75, 3.05) is 66.2 Å². The molecule has 65 heavy (non-hydrogen) atoms. The molecule has 1 unspecified atom stereocenters. The SMILES string of the molecule is CCCCC(OC(=O)CN1CCN(CCCCCOc2ccc(-c3cc(=S)ss3)cc2)CC1)c1ccccc1C(=O)Oc1ccc(/C=C/C(=O)OCCCCCCO[N+](=O)[O-])cc1OC. The molecule has 0 N–H and O–H groups in total. The molecular formula is C48H59N3O11S3. The van der Waals surface area contributed by atoms with E-state index in [4.69, 9.17) is 35.9 Å².